The minimum absolute atomic E-state index is 0.819. The largest absolute Gasteiger partial charge is 0.104 e. The van der Waals surface area contributed by atoms with Crippen LogP contribution in [0.25, 0.3) is 0 Å². The van der Waals surface area contributed by atoms with Crippen molar-refractivity contribution in [2.24, 2.45) is 0 Å². The third-order valence-corrected chi connectivity index (χ3v) is 2.17. The maximum atomic E-state index is 5.79. The number of halogens is 1. The van der Waals surface area contributed by atoms with Crippen molar-refractivity contribution in [1.82, 2.24) is 0 Å². The second-order valence-corrected chi connectivity index (χ2v) is 3.05. The fourth-order valence-corrected chi connectivity index (χ4v) is 1.05. The highest BCUT2D eigenvalue weighted by molar-refractivity contribution is 7.28. The Balaban J connectivity index is 0.000000461. The number of hydrogen-bond donors (Lipinski definition) is 0. The van der Waals surface area contributed by atoms with E-state index < -0.39 is 0 Å². The third kappa shape index (κ3) is 3.74. The summed E-state index contributed by atoms with van der Waals surface area (Å²) in [6, 6.07) is 5.97. The van der Waals surface area contributed by atoms with Gasteiger partial charge in [0.05, 0.1) is 0 Å². The van der Waals surface area contributed by atoms with Crippen LogP contribution in [0.4, 0.5) is 0 Å². The van der Waals surface area contributed by atoms with Crippen LogP contribution in [-0.2, 0) is 0 Å². The minimum atomic E-state index is 0.819. The molecule has 0 nitrogen and oxygen atoms in total. The Morgan fingerprint density at radius 2 is 1.82 bits per heavy atom. The van der Waals surface area contributed by atoms with Gasteiger partial charge >= 0.3 is 0 Å². The molecule has 1 unspecified atom stereocenters. The number of hydrogen-bond acceptors (Lipinski definition) is 0. The van der Waals surface area contributed by atoms with Crippen LogP contribution in [0.15, 0.2) is 18.2 Å². The Bertz CT molecular complexity index is 221. The molecule has 0 saturated heterocycles. The summed E-state index contributed by atoms with van der Waals surface area (Å²) in [5, 5.41) is 1.88. The molecule has 1 aromatic rings. The fraction of sp³-hybridized carbons (Fsp3) is 0.333. The molecule has 0 heterocycles. The van der Waals surface area contributed by atoms with Gasteiger partial charge in [-0.05, 0) is 23.9 Å². The van der Waals surface area contributed by atoms with Crippen LogP contribution in [0.2, 0.25) is 5.02 Å². The Kier molecular flexibility index (Phi) is 5.54. The lowest BCUT2D eigenvalue weighted by Gasteiger charge is -1.96. The summed E-state index contributed by atoms with van der Waals surface area (Å²) in [6.07, 6.45) is 0. The maximum Gasteiger partial charge on any atom is 0.0480 e. The van der Waals surface area contributed by atoms with Gasteiger partial charge in [-0.2, -0.15) is 0 Å². The van der Waals surface area contributed by atoms with Crippen LogP contribution in [0.3, 0.4) is 0 Å². The van der Waals surface area contributed by atoms with Crippen molar-refractivity contribution in [3.05, 3.63) is 28.8 Å². The fourth-order valence-electron chi connectivity index (χ4n) is 0.632. The zero-order chi connectivity index (χ0) is 8.85. The van der Waals surface area contributed by atoms with Gasteiger partial charge in [-0.1, -0.05) is 37.6 Å². The second kappa shape index (κ2) is 5.57. The monoisotopic (exact) mass is 188 g/mol. The summed E-state index contributed by atoms with van der Waals surface area (Å²) in [4.78, 5) is 0. The van der Waals surface area contributed by atoms with Gasteiger partial charge in [0.1, 0.15) is 0 Å². The summed E-state index contributed by atoms with van der Waals surface area (Å²) in [7, 11) is 2.58. The Morgan fingerprint density at radius 3 is 2.18 bits per heavy atom. The highest BCUT2D eigenvalue weighted by atomic mass is 35.5. The molecular weight excluding hydrogens is 175 g/mol. The van der Waals surface area contributed by atoms with Crippen LogP contribution >= 0.6 is 20.8 Å². The molecule has 62 valence electrons. The number of rotatable bonds is 0. The van der Waals surface area contributed by atoms with Crippen molar-refractivity contribution in [1.29, 1.82) is 0 Å². The first-order chi connectivity index (χ1) is 5.20. The first-order valence-corrected chi connectivity index (χ1v) is 4.67. The minimum Gasteiger partial charge on any atom is -0.104 e. The van der Waals surface area contributed by atoms with E-state index in [1.807, 2.05) is 39.0 Å². The predicted molar refractivity (Wildman–Crippen MR) is 56.9 cm³/mol. The first kappa shape index (κ1) is 10.9. The second-order valence-electron chi connectivity index (χ2n) is 2.02. The zero-order valence-corrected chi connectivity index (χ0v) is 9.10. The van der Waals surface area contributed by atoms with Gasteiger partial charge in [0, 0.05) is 5.02 Å². The van der Waals surface area contributed by atoms with Crippen molar-refractivity contribution >= 4 is 26.1 Å². The van der Waals surface area contributed by atoms with E-state index >= 15 is 0 Å². The third-order valence-electron chi connectivity index (χ3n) is 1.16. The molecule has 1 rings (SSSR count). The van der Waals surface area contributed by atoms with Gasteiger partial charge in [-0.25, -0.2) is 0 Å². The van der Waals surface area contributed by atoms with E-state index in [0.29, 0.717) is 0 Å². The maximum absolute atomic E-state index is 5.79. The normalized spacial score (nSPS) is 8.45. The molecule has 0 amide bonds. The molecule has 1 aromatic carbocycles. The average Bonchev–Trinajstić information content (AvgIpc) is 2.02. The van der Waals surface area contributed by atoms with E-state index in [1.165, 1.54) is 5.56 Å². The number of benzene rings is 1. The highest BCUT2D eigenvalue weighted by Crippen LogP contribution is 2.09. The average molecular weight is 189 g/mol. The van der Waals surface area contributed by atoms with Gasteiger partial charge in [-0.15, -0.1) is 9.24 Å². The molecular formula is C9H14ClP. The summed E-state index contributed by atoms with van der Waals surface area (Å²) < 4.78 is 0. The van der Waals surface area contributed by atoms with Crippen LogP contribution < -0.4 is 5.30 Å². The van der Waals surface area contributed by atoms with Gasteiger partial charge in [-0.3, -0.25) is 0 Å². The van der Waals surface area contributed by atoms with Crippen molar-refractivity contribution < 1.29 is 0 Å². The van der Waals surface area contributed by atoms with Gasteiger partial charge in [0.25, 0.3) is 0 Å². The molecule has 0 fully saturated rings. The zero-order valence-electron chi connectivity index (χ0n) is 7.19. The summed E-state index contributed by atoms with van der Waals surface area (Å²) >= 11 is 5.79. The molecule has 0 N–H and O–H groups in total. The van der Waals surface area contributed by atoms with E-state index in [1.54, 1.807) is 0 Å². The molecule has 0 aliphatic heterocycles. The van der Waals surface area contributed by atoms with Crippen molar-refractivity contribution in [3.63, 3.8) is 0 Å². The summed E-state index contributed by atoms with van der Waals surface area (Å²) in [5.41, 5.74) is 1.20. The SMILES string of the molecule is CC.Cc1ccc(P)c(Cl)c1. The summed E-state index contributed by atoms with van der Waals surface area (Å²) in [6.45, 7) is 6.02. The molecule has 0 aliphatic rings. The van der Waals surface area contributed by atoms with E-state index in [9.17, 15) is 0 Å². The van der Waals surface area contributed by atoms with Gasteiger partial charge < -0.3 is 0 Å². The Labute approximate surface area is 76.2 Å². The van der Waals surface area contributed by atoms with Crippen molar-refractivity contribution in [3.8, 4) is 0 Å². The van der Waals surface area contributed by atoms with E-state index in [-0.39, 0.29) is 0 Å². The Hall–Kier alpha value is -0.0600. The van der Waals surface area contributed by atoms with Crippen molar-refractivity contribution in [2.45, 2.75) is 20.8 Å². The molecule has 0 radical (unpaired) electrons. The number of aryl methyl sites for hydroxylation is 1. The van der Waals surface area contributed by atoms with Gasteiger partial charge in [0.15, 0.2) is 0 Å². The van der Waals surface area contributed by atoms with Crippen molar-refractivity contribution in [2.75, 3.05) is 0 Å². The van der Waals surface area contributed by atoms with Crippen LogP contribution in [0, 0.1) is 6.92 Å². The molecule has 0 aromatic heterocycles. The standard InChI is InChI=1S/C7H8ClP.C2H6/c1-5-2-3-7(9)6(8)4-5;1-2/h2-4H,9H2,1H3;1-2H3. The lowest BCUT2D eigenvalue weighted by molar-refractivity contribution is 1.49. The lowest BCUT2D eigenvalue weighted by Crippen LogP contribution is -1.90. The van der Waals surface area contributed by atoms with Crippen LogP contribution in [-0.4, -0.2) is 0 Å². The molecule has 1 atom stereocenters. The molecule has 0 saturated carbocycles. The molecule has 2 heteroatoms. The Morgan fingerprint density at radius 1 is 1.27 bits per heavy atom. The van der Waals surface area contributed by atoms with Crippen LogP contribution in [0.5, 0.6) is 0 Å². The quantitative estimate of drug-likeness (QED) is 0.549. The first-order valence-electron chi connectivity index (χ1n) is 3.72. The van der Waals surface area contributed by atoms with E-state index in [2.05, 4.69) is 9.24 Å². The molecule has 0 bridgehead atoms. The molecule has 0 aliphatic carbocycles. The van der Waals surface area contributed by atoms with Gasteiger partial charge in [0.2, 0.25) is 0 Å². The highest BCUT2D eigenvalue weighted by Gasteiger charge is 1.91. The lowest BCUT2D eigenvalue weighted by atomic mass is 10.2. The molecule has 0 spiro atoms. The smallest absolute Gasteiger partial charge is 0.0480 e. The molecule has 11 heavy (non-hydrogen) atoms. The van der Waals surface area contributed by atoms with E-state index in [0.717, 1.165) is 10.3 Å². The summed E-state index contributed by atoms with van der Waals surface area (Å²) in [5.74, 6) is 0. The van der Waals surface area contributed by atoms with E-state index in [4.69, 9.17) is 11.6 Å². The topological polar surface area (TPSA) is 0 Å². The van der Waals surface area contributed by atoms with Crippen LogP contribution in [0.1, 0.15) is 19.4 Å². The predicted octanol–water partition coefficient (Wildman–Crippen LogP) is 3.18.